The van der Waals surface area contributed by atoms with Gasteiger partial charge in [-0.1, -0.05) is 0 Å². The first kappa shape index (κ1) is 14.0. The highest BCUT2D eigenvalue weighted by Crippen LogP contribution is 2.12. The highest BCUT2D eigenvalue weighted by Gasteiger charge is 2.10. The Morgan fingerprint density at radius 1 is 1.30 bits per heavy atom. The summed E-state index contributed by atoms with van der Waals surface area (Å²) in [5.74, 6) is 0. The Balaban J connectivity index is 2.02. The number of nitrogens with one attached hydrogen (secondary N) is 1. The number of likely N-dealkylation sites (N-methyl/N-ethyl adjacent to an activating group) is 1. The average molecular weight is 275 g/mol. The van der Waals surface area contributed by atoms with E-state index in [9.17, 15) is 4.79 Å². The van der Waals surface area contributed by atoms with E-state index in [4.69, 9.17) is 5.11 Å². The van der Waals surface area contributed by atoms with Gasteiger partial charge in [0.1, 0.15) is 0 Å². The van der Waals surface area contributed by atoms with Crippen LogP contribution in [0.5, 0.6) is 0 Å². The minimum atomic E-state index is -0.230. The van der Waals surface area contributed by atoms with Gasteiger partial charge in [-0.3, -0.25) is 0 Å². The zero-order chi connectivity index (χ0) is 14.4. The number of carbonyl (C=O) groups is 1. The third-order valence-electron chi connectivity index (χ3n) is 2.81. The lowest BCUT2D eigenvalue weighted by molar-refractivity contribution is 0.192. The molecule has 1 aromatic carbocycles. The predicted octanol–water partition coefficient (Wildman–Crippen LogP) is 1.11. The van der Waals surface area contributed by atoms with E-state index in [1.807, 2.05) is 19.1 Å². The zero-order valence-corrected chi connectivity index (χ0v) is 11.2. The molecule has 7 heteroatoms. The van der Waals surface area contributed by atoms with Crippen LogP contribution in [-0.4, -0.2) is 50.7 Å². The van der Waals surface area contributed by atoms with Crippen LogP contribution >= 0.6 is 0 Å². The van der Waals surface area contributed by atoms with Crippen LogP contribution in [0.2, 0.25) is 0 Å². The average Bonchev–Trinajstić information content (AvgIpc) is 2.99. The molecule has 0 aliphatic heterocycles. The molecule has 0 spiro atoms. The Labute approximate surface area is 116 Å². The minimum Gasteiger partial charge on any atom is -0.395 e. The summed E-state index contributed by atoms with van der Waals surface area (Å²) in [6, 6.07) is 6.97. The molecule has 7 nitrogen and oxygen atoms in total. The van der Waals surface area contributed by atoms with E-state index in [0.717, 1.165) is 5.69 Å². The molecule has 106 valence electrons. The summed E-state index contributed by atoms with van der Waals surface area (Å²) in [5, 5.41) is 19.7. The van der Waals surface area contributed by atoms with E-state index in [0.29, 0.717) is 18.8 Å². The number of urea groups is 1. The Bertz CT molecular complexity index is 538. The molecule has 0 fully saturated rings. The van der Waals surface area contributed by atoms with Gasteiger partial charge in [0.05, 0.1) is 24.7 Å². The summed E-state index contributed by atoms with van der Waals surface area (Å²) < 4.78 is 0. The lowest BCUT2D eigenvalue weighted by Gasteiger charge is -2.20. The van der Waals surface area contributed by atoms with Crippen molar-refractivity contribution in [1.82, 2.24) is 19.9 Å². The molecular formula is C13H17N5O2. The molecular weight excluding hydrogens is 258 g/mol. The molecule has 1 aromatic heterocycles. The summed E-state index contributed by atoms with van der Waals surface area (Å²) in [6.45, 7) is 2.67. The topological polar surface area (TPSA) is 83.3 Å². The second-order valence-corrected chi connectivity index (χ2v) is 4.10. The van der Waals surface area contributed by atoms with Crippen LogP contribution in [0.3, 0.4) is 0 Å². The lowest BCUT2D eigenvalue weighted by atomic mass is 10.3. The van der Waals surface area contributed by atoms with E-state index in [1.165, 1.54) is 9.70 Å². The molecule has 2 N–H and O–H groups in total. The first-order valence-corrected chi connectivity index (χ1v) is 6.38. The highest BCUT2D eigenvalue weighted by molar-refractivity contribution is 5.89. The number of aliphatic hydroxyl groups is 1. The zero-order valence-electron chi connectivity index (χ0n) is 11.2. The minimum absolute atomic E-state index is 0.0504. The SMILES string of the molecule is CCN(CCO)C(=O)Nc1ccc(-n2nccn2)cc1. The van der Waals surface area contributed by atoms with Crippen LogP contribution < -0.4 is 5.32 Å². The van der Waals surface area contributed by atoms with Crippen LogP contribution in [0.25, 0.3) is 5.69 Å². The Hall–Kier alpha value is -2.41. The monoisotopic (exact) mass is 275 g/mol. The van der Waals surface area contributed by atoms with E-state index < -0.39 is 0 Å². The number of benzene rings is 1. The molecule has 2 rings (SSSR count). The fourth-order valence-corrected chi connectivity index (χ4v) is 1.75. The first-order valence-electron chi connectivity index (χ1n) is 6.38. The maximum absolute atomic E-state index is 11.9. The largest absolute Gasteiger partial charge is 0.395 e. The number of nitrogens with zero attached hydrogens (tertiary/aromatic N) is 4. The molecule has 2 amide bonds. The second kappa shape index (κ2) is 6.67. The molecule has 0 saturated carbocycles. The van der Waals surface area contributed by atoms with Gasteiger partial charge >= 0.3 is 6.03 Å². The van der Waals surface area contributed by atoms with Crippen molar-refractivity contribution >= 4 is 11.7 Å². The van der Waals surface area contributed by atoms with Crippen molar-refractivity contribution in [3.8, 4) is 5.69 Å². The van der Waals surface area contributed by atoms with Gasteiger partial charge in [-0.15, -0.1) is 0 Å². The van der Waals surface area contributed by atoms with Crippen molar-refractivity contribution < 1.29 is 9.90 Å². The summed E-state index contributed by atoms with van der Waals surface area (Å²) in [4.78, 5) is 14.9. The molecule has 20 heavy (non-hydrogen) atoms. The number of aliphatic hydroxyl groups excluding tert-OH is 1. The molecule has 0 radical (unpaired) electrons. The third-order valence-corrected chi connectivity index (χ3v) is 2.81. The van der Waals surface area contributed by atoms with Gasteiger partial charge in [0.2, 0.25) is 0 Å². The maximum atomic E-state index is 11.9. The van der Waals surface area contributed by atoms with Crippen LogP contribution in [0, 0.1) is 0 Å². The van der Waals surface area contributed by atoms with Gasteiger partial charge in [0.25, 0.3) is 0 Å². The summed E-state index contributed by atoms with van der Waals surface area (Å²) >= 11 is 0. The van der Waals surface area contributed by atoms with Gasteiger partial charge in [-0.05, 0) is 31.2 Å². The van der Waals surface area contributed by atoms with Crippen molar-refractivity contribution in [3.63, 3.8) is 0 Å². The van der Waals surface area contributed by atoms with E-state index in [2.05, 4.69) is 15.5 Å². The normalized spacial score (nSPS) is 10.3. The predicted molar refractivity (Wildman–Crippen MR) is 74.7 cm³/mol. The molecule has 1 heterocycles. The van der Waals surface area contributed by atoms with Crippen molar-refractivity contribution in [1.29, 1.82) is 0 Å². The molecule has 0 saturated heterocycles. The van der Waals surface area contributed by atoms with Gasteiger partial charge < -0.3 is 15.3 Å². The Kier molecular flexibility index (Phi) is 4.67. The smallest absolute Gasteiger partial charge is 0.321 e. The number of anilines is 1. The maximum Gasteiger partial charge on any atom is 0.321 e. The van der Waals surface area contributed by atoms with Crippen LogP contribution in [0.4, 0.5) is 10.5 Å². The molecule has 0 atom stereocenters. The number of rotatable bonds is 5. The third kappa shape index (κ3) is 3.33. The van der Waals surface area contributed by atoms with Gasteiger partial charge in [0, 0.05) is 18.8 Å². The number of aromatic nitrogens is 3. The highest BCUT2D eigenvalue weighted by atomic mass is 16.3. The van der Waals surface area contributed by atoms with Gasteiger partial charge in [0.15, 0.2) is 0 Å². The Morgan fingerprint density at radius 2 is 1.95 bits per heavy atom. The number of carbonyl (C=O) groups excluding carboxylic acids is 1. The van der Waals surface area contributed by atoms with E-state index in [-0.39, 0.29) is 12.6 Å². The first-order chi connectivity index (χ1) is 9.74. The van der Waals surface area contributed by atoms with E-state index >= 15 is 0 Å². The fraction of sp³-hybridized carbons (Fsp3) is 0.308. The summed E-state index contributed by atoms with van der Waals surface area (Å²) in [6.07, 6.45) is 3.20. The molecule has 0 aliphatic carbocycles. The molecule has 0 aliphatic rings. The second-order valence-electron chi connectivity index (χ2n) is 4.10. The number of hydrogen-bond donors (Lipinski definition) is 2. The van der Waals surface area contributed by atoms with Crippen molar-refractivity contribution in [2.45, 2.75) is 6.92 Å². The van der Waals surface area contributed by atoms with Crippen molar-refractivity contribution in [3.05, 3.63) is 36.7 Å². The fourth-order valence-electron chi connectivity index (χ4n) is 1.75. The standard InChI is InChI=1S/C13H17N5O2/c1-2-17(9-10-19)13(20)16-11-3-5-12(6-4-11)18-14-7-8-15-18/h3-8,19H,2,9-10H2,1H3,(H,16,20). The van der Waals surface area contributed by atoms with Crippen molar-refractivity contribution in [2.75, 3.05) is 25.0 Å². The summed E-state index contributed by atoms with van der Waals surface area (Å²) in [5.41, 5.74) is 1.50. The van der Waals surface area contributed by atoms with Crippen LogP contribution in [-0.2, 0) is 0 Å². The molecule has 2 aromatic rings. The van der Waals surface area contributed by atoms with E-state index in [1.54, 1.807) is 24.5 Å². The Morgan fingerprint density at radius 3 is 2.50 bits per heavy atom. The van der Waals surface area contributed by atoms with Crippen LogP contribution in [0.15, 0.2) is 36.7 Å². The number of hydrogen-bond acceptors (Lipinski definition) is 4. The molecule has 0 bridgehead atoms. The van der Waals surface area contributed by atoms with Gasteiger partial charge in [-0.2, -0.15) is 15.0 Å². The van der Waals surface area contributed by atoms with Crippen molar-refractivity contribution in [2.24, 2.45) is 0 Å². The lowest BCUT2D eigenvalue weighted by Crippen LogP contribution is -2.36. The van der Waals surface area contributed by atoms with Gasteiger partial charge in [-0.25, -0.2) is 4.79 Å². The van der Waals surface area contributed by atoms with Crippen LogP contribution in [0.1, 0.15) is 6.92 Å². The quantitative estimate of drug-likeness (QED) is 0.856. The summed E-state index contributed by atoms with van der Waals surface area (Å²) in [7, 11) is 0. The molecule has 0 unspecified atom stereocenters. The number of amides is 2.